The Balaban J connectivity index is 1.77. The number of benzene rings is 2. The summed E-state index contributed by atoms with van der Waals surface area (Å²) in [5.74, 6) is -0.837. The number of hydrogen-bond acceptors (Lipinski definition) is 6. The summed E-state index contributed by atoms with van der Waals surface area (Å²) < 4.78 is 10.6. The van der Waals surface area contributed by atoms with Gasteiger partial charge in [0.25, 0.3) is 5.91 Å². The third-order valence-electron chi connectivity index (χ3n) is 4.36. The maximum Gasteiger partial charge on any atom is 0.307 e. The maximum absolute atomic E-state index is 12.3. The van der Waals surface area contributed by atoms with E-state index in [-0.39, 0.29) is 24.5 Å². The van der Waals surface area contributed by atoms with Crippen molar-refractivity contribution in [3.63, 3.8) is 0 Å². The summed E-state index contributed by atoms with van der Waals surface area (Å²) in [5, 5.41) is 5.26. The van der Waals surface area contributed by atoms with Gasteiger partial charge in [0.2, 0.25) is 5.91 Å². The van der Waals surface area contributed by atoms with Gasteiger partial charge in [-0.3, -0.25) is 19.2 Å². The van der Waals surface area contributed by atoms with E-state index in [4.69, 9.17) is 9.47 Å². The molecule has 0 aromatic heterocycles. The number of amides is 2. The first-order valence-electron chi connectivity index (χ1n) is 10.4. The number of rotatable bonds is 11. The molecular weight excluding hydrogens is 412 g/mol. The fraction of sp³-hybridized carbons (Fsp3) is 0.333. The van der Waals surface area contributed by atoms with Crippen LogP contribution in [0.15, 0.2) is 48.5 Å². The lowest BCUT2D eigenvalue weighted by Crippen LogP contribution is -2.30. The van der Waals surface area contributed by atoms with E-state index in [9.17, 15) is 19.2 Å². The molecule has 2 N–H and O–H groups in total. The minimum atomic E-state index is -1.03. The summed E-state index contributed by atoms with van der Waals surface area (Å²) >= 11 is 0. The molecule has 0 unspecified atom stereocenters. The summed E-state index contributed by atoms with van der Waals surface area (Å²) in [6.07, 6.45) is -0.282. The van der Waals surface area contributed by atoms with E-state index in [0.717, 1.165) is 6.42 Å². The number of nitrogens with one attached hydrogen (secondary N) is 2. The van der Waals surface area contributed by atoms with Gasteiger partial charge in [-0.05, 0) is 61.9 Å². The van der Waals surface area contributed by atoms with Crippen LogP contribution in [0.25, 0.3) is 0 Å². The fourth-order valence-corrected chi connectivity index (χ4v) is 2.71. The van der Waals surface area contributed by atoms with Gasteiger partial charge in [0.15, 0.2) is 11.9 Å². The van der Waals surface area contributed by atoms with Crippen molar-refractivity contribution in [1.82, 2.24) is 0 Å². The van der Waals surface area contributed by atoms with Crippen LogP contribution in [0.1, 0.15) is 50.4 Å². The number of ether oxygens (including phenoxy) is 2. The van der Waals surface area contributed by atoms with E-state index in [1.807, 2.05) is 6.92 Å². The summed E-state index contributed by atoms with van der Waals surface area (Å²) in [5.41, 5.74) is 1.58. The molecule has 0 spiro atoms. The van der Waals surface area contributed by atoms with E-state index in [0.29, 0.717) is 29.3 Å². The zero-order valence-electron chi connectivity index (χ0n) is 18.5. The Kier molecular flexibility index (Phi) is 9.41. The van der Waals surface area contributed by atoms with Gasteiger partial charge in [-0.25, -0.2) is 0 Å². The molecule has 2 aromatic carbocycles. The zero-order chi connectivity index (χ0) is 23.5. The fourth-order valence-electron chi connectivity index (χ4n) is 2.71. The molecule has 170 valence electrons. The molecule has 0 fully saturated rings. The molecule has 0 saturated carbocycles. The van der Waals surface area contributed by atoms with Gasteiger partial charge in [-0.2, -0.15) is 0 Å². The average molecular weight is 440 g/mol. The highest BCUT2D eigenvalue weighted by molar-refractivity contribution is 5.98. The summed E-state index contributed by atoms with van der Waals surface area (Å²) in [6.45, 7) is 5.47. The number of hydrogen-bond donors (Lipinski definition) is 2. The normalized spacial score (nSPS) is 11.2. The minimum absolute atomic E-state index is 0.0209. The Hall–Kier alpha value is -3.68. The number of esters is 1. The standard InChI is InChI=1S/C24H28N2O6/c1-4-15-31-21-11-5-18(6-12-21)22(28)13-14-23(29)32-16(2)24(30)26-20-9-7-19(8-10-20)25-17(3)27/h5-12,16H,4,13-15H2,1-3H3,(H,25,27)(H,26,30)/t16-/m1/s1. The molecule has 0 saturated heterocycles. The highest BCUT2D eigenvalue weighted by Crippen LogP contribution is 2.16. The van der Waals surface area contributed by atoms with Crippen molar-refractivity contribution in [1.29, 1.82) is 0 Å². The molecule has 32 heavy (non-hydrogen) atoms. The first-order chi connectivity index (χ1) is 15.3. The number of ketones is 1. The van der Waals surface area contributed by atoms with Crippen LogP contribution < -0.4 is 15.4 Å². The van der Waals surface area contributed by atoms with Gasteiger partial charge in [-0.15, -0.1) is 0 Å². The van der Waals surface area contributed by atoms with Crippen molar-refractivity contribution in [2.75, 3.05) is 17.2 Å². The smallest absolute Gasteiger partial charge is 0.307 e. The van der Waals surface area contributed by atoms with E-state index in [1.165, 1.54) is 13.8 Å². The van der Waals surface area contributed by atoms with E-state index in [1.54, 1.807) is 48.5 Å². The number of Topliss-reactive ketones (excluding diaryl/α,β-unsaturated/α-hetero) is 1. The van der Waals surface area contributed by atoms with Crippen molar-refractivity contribution in [2.24, 2.45) is 0 Å². The second-order valence-electron chi connectivity index (χ2n) is 7.18. The van der Waals surface area contributed by atoms with Gasteiger partial charge in [0.1, 0.15) is 5.75 Å². The second kappa shape index (κ2) is 12.2. The molecule has 2 amide bonds. The van der Waals surface area contributed by atoms with Crippen molar-refractivity contribution in [3.05, 3.63) is 54.1 Å². The molecular formula is C24H28N2O6. The Morgan fingerprint density at radius 1 is 0.875 bits per heavy atom. The molecule has 2 aromatic rings. The van der Waals surface area contributed by atoms with Crippen molar-refractivity contribution in [2.45, 2.75) is 46.1 Å². The first-order valence-corrected chi connectivity index (χ1v) is 10.4. The van der Waals surface area contributed by atoms with Gasteiger partial charge < -0.3 is 20.1 Å². The summed E-state index contributed by atoms with van der Waals surface area (Å²) in [7, 11) is 0. The number of carbonyl (C=O) groups is 4. The summed E-state index contributed by atoms with van der Waals surface area (Å²) in [6, 6.07) is 13.3. The van der Waals surface area contributed by atoms with Crippen LogP contribution in [-0.4, -0.2) is 36.3 Å². The zero-order valence-corrected chi connectivity index (χ0v) is 18.5. The van der Waals surface area contributed by atoms with Crippen LogP contribution in [0, 0.1) is 0 Å². The predicted molar refractivity (Wildman–Crippen MR) is 121 cm³/mol. The average Bonchev–Trinajstić information content (AvgIpc) is 2.77. The molecule has 8 nitrogen and oxygen atoms in total. The van der Waals surface area contributed by atoms with E-state index in [2.05, 4.69) is 10.6 Å². The highest BCUT2D eigenvalue weighted by Gasteiger charge is 2.19. The third kappa shape index (κ3) is 8.22. The molecule has 0 aliphatic heterocycles. The molecule has 0 bridgehead atoms. The van der Waals surface area contributed by atoms with E-state index >= 15 is 0 Å². The molecule has 0 aliphatic carbocycles. The quantitative estimate of drug-likeness (QED) is 0.404. The molecule has 8 heteroatoms. The molecule has 0 heterocycles. The Labute approximate surface area is 187 Å². The Morgan fingerprint density at radius 3 is 2.03 bits per heavy atom. The first kappa shape index (κ1) is 24.6. The Bertz CT molecular complexity index is 938. The monoisotopic (exact) mass is 440 g/mol. The molecule has 0 aliphatic rings. The van der Waals surface area contributed by atoms with E-state index < -0.39 is 18.0 Å². The Morgan fingerprint density at radius 2 is 1.47 bits per heavy atom. The van der Waals surface area contributed by atoms with Crippen LogP contribution >= 0.6 is 0 Å². The van der Waals surface area contributed by atoms with Gasteiger partial charge in [0.05, 0.1) is 13.0 Å². The third-order valence-corrected chi connectivity index (χ3v) is 4.36. The summed E-state index contributed by atoms with van der Waals surface area (Å²) in [4.78, 5) is 47.6. The molecule has 1 atom stereocenters. The predicted octanol–water partition coefficient (Wildman–Crippen LogP) is 3.97. The maximum atomic E-state index is 12.3. The van der Waals surface area contributed by atoms with Crippen molar-refractivity contribution in [3.8, 4) is 5.75 Å². The lowest BCUT2D eigenvalue weighted by Gasteiger charge is -2.14. The van der Waals surface area contributed by atoms with Crippen LogP contribution in [-0.2, 0) is 19.1 Å². The van der Waals surface area contributed by atoms with Crippen LogP contribution in [0.2, 0.25) is 0 Å². The van der Waals surface area contributed by atoms with Crippen molar-refractivity contribution >= 4 is 34.9 Å². The SMILES string of the molecule is CCCOc1ccc(C(=O)CCC(=O)O[C@H](C)C(=O)Nc2ccc(NC(C)=O)cc2)cc1. The minimum Gasteiger partial charge on any atom is -0.494 e. The largest absolute Gasteiger partial charge is 0.494 e. The van der Waals surface area contributed by atoms with Crippen LogP contribution in [0.4, 0.5) is 11.4 Å². The van der Waals surface area contributed by atoms with Gasteiger partial charge >= 0.3 is 5.97 Å². The number of carbonyl (C=O) groups excluding carboxylic acids is 4. The topological polar surface area (TPSA) is 111 Å². The molecule has 0 radical (unpaired) electrons. The van der Waals surface area contributed by atoms with Crippen molar-refractivity contribution < 1.29 is 28.7 Å². The number of anilines is 2. The van der Waals surface area contributed by atoms with Crippen LogP contribution in [0.3, 0.4) is 0 Å². The highest BCUT2D eigenvalue weighted by atomic mass is 16.5. The lowest BCUT2D eigenvalue weighted by atomic mass is 10.1. The van der Waals surface area contributed by atoms with Gasteiger partial charge in [-0.1, -0.05) is 6.92 Å². The van der Waals surface area contributed by atoms with Crippen LogP contribution in [0.5, 0.6) is 5.75 Å². The second-order valence-corrected chi connectivity index (χ2v) is 7.18. The van der Waals surface area contributed by atoms with Gasteiger partial charge in [0, 0.05) is 30.3 Å². The lowest BCUT2D eigenvalue weighted by molar-refractivity contribution is -0.153. The molecule has 2 rings (SSSR count).